The van der Waals surface area contributed by atoms with Gasteiger partial charge in [-0.05, 0) is 42.5 Å². The first-order valence-corrected chi connectivity index (χ1v) is 8.47. The van der Waals surface area contributed by atoms with Crippen molar-refractivity contribution in [3.05, 3.63) is 44.9 Å². The highest BCUT2D eigenvalue weighted by Gasteiger charge is 2.20. The van der Waals surface area contributed by atoms with Crippen LogP contribution in [0.4, 0.5) is 0 Å². The van der Waals surface area contributed by atoms with E-state index in [-0.39, 0.29) is 6.04 Å². The molecule has 0 fully saturated rings. The third-order valence-corrected chi connectivity index (χ3v) is 4.92. The summed E-state index contributed by atoms with van der Waals surface area (Å²) in [5, 5.41) is 6.41. The van der Waals surface area contributed by atoms with Crippen molar-refractivity contribution in [2.75, 3.05) is 13.2 Å². The summed E-state index contributed by atoms with van der Waals surface area (Å²) in [6.07, 6.45) is 4.61. The van der Waals surface area contributed by atoms with Crippen molar-refractivity contribution in [3.8, 4) is 5.75 Å². The van der Waals surface area contributed by atoms with Crippen LogP contribution < -0.4 is 10.1 Å². The topological polar surface area (TPSA) is 34.1 Å². The summed E-state index contributed by atoms with van der Waals surface area (Å²) in [5.74, 6) is 0.807. The molecule has 0 bridgehead atoms. The Hall–Kier alpha value is -1.10. The molecule has 0 amide bonds. The molecule has 2 aromatic rings. The molecule has 1 N–H and O–H groups in total. The summed E-state index contributed by atoms with van der Waals surface area (Å²) < 4.78 is 5.68. The first kappa shape index (κ1) is 16.3. The molecule has 3 nitrogen and oxygen atoms in total. The van der Waals surface area contributed by atoms with Gasteiger partial charge in [0.2, 0.25) is 0 Å². The van der Waals surface area contributed by atoms with Crippen molar-refractivity contribution < 1.29 is 4.74 Å². The number of rotatable bonds is 7. The average Bonchev–Trinajstić information content (AvgIpc) is 2.83. The zero-order chi connectivity index (χ0) is 15.2. The maximum Gasteiger partial charge on any atom is 0.137 e. The van der Waals surface area contributed by atoms with E-state index in [1.54, 1.807) is 17.5 Å². The first-order chi connectivity index (χ1) is 10.2. The summed E-state index contributed by atoms with van der Waals surface area (Å²) in [7, 11) is 0. The molecule has 114 valence electrons. The second kappa shape index (κ2) is 7.78. The van der Waals surface area contributed by atoms with Gasteiger partial charge in [-0.2, -0.15) is 0 Å². The van der Waals surface area contributed by atoms with E-state index in [1.165, 1.54) is 0 Å². The van der Waals surface area contributed by atoms with Crippen LogP contribution in [0.2, 0.25) is 5.02 Å². The molecule has 0 saturated heterocycles. The minimum Gasteiger partial charge on any atom is -0.492 e. The van der Waals surface area contributed by atoms with E-state index >= 15 is 0 Å². The van der Waals surface area contributed by atoms with Crippen molar-refractivity contribution >= 4 is 22.9 Å². The number of aromatic nitrogens is 1. The van der Waals surface area contributed by atoms with Crippen LogP contribution in [-0.4, -0.2) is 18.1 Å². The summed E-state index contributed by atoms with van der Waals surface area (Å²) >= 11 is 8.11. The SMILES string of the molecule is CCCOc1cncc(C(NCC)c2scc(C)c2Cl)c1. The van der Waals surface area contributed by atoms with Gasteiger partial charge in [0.15, 0.2) is 0 Å². The monoisotopic (exact) mass is 324 g/mol. The van der Waals surface area contributed by atoms with Gasteiger partial charge in [-0.25, -0.2) is 0 Å². The van der Waals surface area contributed by atoms with Crippen LogP contribution in [-0.2, 0) is 0 Å². The lowest BCUT2D eigenvalue weighted by molar-refractivity contribution is 0.315. The van der Waals surface area contributed by atoms with E-state index in [9.17, 15) is 0 Å². The molecule has 21 heavy (non-hydrogen) atoms. The number of nitrogens with zero attached hydrogens (tertiary/aromatic N) is 1. The van der Waals surface area contributed by atoms with Crippen LogP contribution in [0.25, 0.3) is 0 Å². The van der Waals surface area contributed by atoms with Gasteiger partial charge in [-0.15, -0.1) is 11.3 Å². The summed E-state index contributed by atoms with van der Waals surface area (Å²) in [6, 6.07) is 2.10. The highest BCUT2D eigenvalue weighted by molar-refractivity contribution is 7.10. The van der Waals surface area contributed by atoms with Crippen molar-refractivity contribution in [1.29, 1.82) is 0 Å². The molecule has 1 unspecified atom stereocenters. The largest absolute Gasteiger partial charge is 0.492 e. The van der Waals surface area contributed by atoms with E-state index in [0.717, 1.165) is 39.7 Å². The van der Waals surface area contributed by atoms with E-state index in [0.29, 0.717) is 6.61 Å². The second-order valence-corrected chi connectivity index (χ2v) is 6.18. The Bertz CT molecular complexity index is 585. The van der Waals surface area contributed by atoms with Crippen LogP contribution in [0.1, 0.15) is 42.3 Å². The molecule has 1 atom stereocenters. The fourth-order valence-electron chi connectivity index (χ4n) is 2.10. The second-order valence-electron chi connectivity index (χ2n) is 4.89. The van der Waals surface area contributed by atoms with E-state index in [1.807, 2.05) is 19.2 Å². The lowest BCUT2D eigenvalue weighted by Gasteiger charge is -2.18. The molecule has 0 aliphatic carbocycles. The highest BCUT2D eigenvalue weighted by Crippen LogP contribution is 2.36. The van der Waals surface area contributed by atoms with E-state index in [2.05, 4.69) is 29.5 Å². The number of thiophene rings is 1. The molecule has 2 rings (SSSR count). The Morgan fingerprint density at radius 2 is 2.19 bits per heavy atom. The zero-order valence-corrected chi connectivity index (χ0v) is 14.2. The number of hydrogen-bond acceptors (Lipinski definition) is 4. The third kappa shape index (κ3) is 3.96. The predicted octanol–water partition coefficient (Wildman–Crippen LogP) is 4.59. The number of pyridine rings is 1. The maximum atomic E-state index is 6.43. The molecule has 0 aliphatic heterocycles. The molecule has 0 radical (unpaired) electrons. The molecule has 0 saturated carbocycles. The Kier molecular flexibility index (Phi) is 6.03. The minimum atomic E-state index is 0.0545. The number of aryl methyl sites for hydroxylation is 1. The molecule has 5 heteroatoms. The van der Waals surface area contributed by atoms with Gasteiger partial charge in [0.05, 0.1) is 23.9 Å². The number of nitrogens with one attached hydrogen (secondary N) is 1. The van der Waals surface area contributed by atoms with Crippen LogP contribution in [0, 0.1) is 6.92 Å². The standard InChI is InChI=1S/C16H21ClN2OS/c1-4-6-20-13-7-12(8-18-9-13)15(19-5-2)16-14(17)11(3)10-21-16/h7-10,15,19H,4-6H2,1-3H3. The molecule has 0 aliphatic rings. The Morgan fingerprint density at radius 3 is 2.81 bits per heavy atom. The van der Waals surface area contributed by atoms with E-state index in [4.69, 9.17) is 16.3 Å². The van der Waals surface area contributed by atoms with Crippen molar-refractivity contribution in [2.24, 2.45) is 0 Å². The van der Waals surface area contributed by atoms with Crippen molar-refractivity contribution in [1.82, 2.24) is 10.3 Å². The third-order valence-electron chi connectivity index (χ3n) is 3.14. The van der Waals surface area contributed by atoms with Crippen LogP contribution in [0.15, 0.2) is 23.8 Å². The quantitative estimate of drug-likeness (QED) is 0.808. The summed E-state index contributed by atoms with van der Waals surface area (Å²) in [4.78, 5) is 5.43. The zero-order valence-electron chi connectivity index (χ0n) is 12.6. The first-order valence-electron chi connectivity index (χ1n) is 7.22. The molecular formula is C16H21ClN2OS. The Labute approximate surface area is 135 Å². The molecule has 2 aromatic heterocycles. The summed E-state index contributed by atoms with van der Waals surface area (Å²) in [5.41, 5.74) is 2.19. The highest BCUT2D eigenvalue weighted by atomic mass is 35.5. The van der Waals surface area contributed by atoms with Crippen LogP contribution in [0.5, 0.6) is 5.75 Å². The van der Waals surface area contributed by atoms with Gasteiger partial charge in [0.1, 0.15) is 5.75 Å². The van der Waals surface area contributed by atoms with Crippen molar-refractivity contribution in [2.45, 2.75) is 33.2 Å². The van der Waals surface area contributed by atoms with Gasteiger partial charge in [-0.1, -0.05) is 25.4 Å². The Morgan fingerprint density at radius 1 is 1.38 bits per heavy atom. The van der Waals surface area contributed by atoms with Crippen LogP contribution in [0.3, 0.4) is 0 Å². The van der Waals surface area contributed by atoms with Gasteiger partial charge >= 0.3 is 0 Å². The van der Waals surface area contributed by atoms with Gasteiger partial charge in [-0.3, -0.25) is 4.98 Å². The normalized spacial score (nSPS) is 12.4. The van der Waals surface area contributed by atoms with Gasteiger partial charge in [0, 0.05) is 11.1 Å². The molecule has 2 heterocycles. The molecule has 0 spiro atoms. The summed E-state index contributed by atoms with van der Waals surface area (Å²) in [6.45, 7) is 7.78. The lowest BCUT2D eigenvalue weighted by Crippen LogP contribution is -2.21. The average molecular weight is 325 g/mol. The fraction of sp³-hybridized carbons (Fsp3) is 0.438. The molecular weight excluding hydrogens is 304 g/mol. The number of halogens is 1. The van der Waals surface area contributed by atoms with Gasteiger partial charge in [0.25, 0.3) is 0 Å². The minimum absolute atomic E-state index is 0.0545. The Balaban J connectivity index is 2.32. The smallest absolute Gasteiger partial charge is 0.137 e. The molecule has 0 aromatic carbocycles. The van der Waals surface area contributed by atoms with Crippen LogP contribution >= 0.6 is 22.9 Å². The number of ether oxygens (including phenoxy) is 1. The van der Waals surface area contributed by atoms with Gasteiger partial charge < -0.3 is 10.1 Å². The maximum absolute atomic E-state index is 6.43. The number of hydrogen-bond donors (Lipinski definition) is 1. The lowest BCUT2D eigenvalue weighted by atomic mass is 10.1. The predicted molar refractivity (Wildman–Crippen MR) is 89.6 cm³/mol. The van der Waals surface area contributed by atoms with Crippen molar-refractivity contribution in [3.63, 3.8) is 0 Å². The fourth-order valence-corrected chi connectivity index (χ4v) is 3.51. The van der Waals surface area contributed by atoms with E-state index < -0.39 is 0 Å².